The normalized spacial score (nSPS) is 12.8. The Balaban J connectivity index is 2.55. The highest BCUT2D eigenvalue weighted by Gasteiger charge is 2.20. The second-order valence-corrected chi connectivity index (χ2v) is 7.63. The molecule has 0 amide bonds. The lowest BCUT2D eigenvalue weighted by molar-refractivity contribution is 1.09. The van der Waals surface area contributed by atoms with Gasteiger partial charge in [0.05, 0.1) is 5.38 Å². The average Bonchev–Trinajstić information content (AvgIpc) is 2.67. The molecule has 0 bridgehead atoms. The molecule has 19 heavy (non-hydrogen) atoms. The standard InChI is InChI=1S/C16H18BrClS/c1-8-7-13(19-12(8)5)16(18)14-9(2)6-10(3)15(17)11(14)4/h6-7,16H,1-5H3. The van der Waals surface area contributed by atoms with E-state index in [1.807, 2.05) is 0 Å². The molecule has 0 aliphatic heterocycles. The maximum Gasteiger partial charge on any atom is 0.0933 e. The largest absolute Gasteiger partial charge is 0.143 e. The molecule has 0 saturated carbocycles. The molecule has 2 rings (SSSR count). The molecule has 1 aromatic carbocycles. The number of thiophene rings is 1. The Labute approximate surface area is 132 Å². The maximum absolute atomic E-state index is 6.74. The van der Waals surface area contributed by atoms with Gasteiger partial charge in [0.2, 0.25) is 0 Å². The average molecular weight is 358 g/mol. The van der Waals surface area contributed by atoms with Crippen LogP contribution in [0.3, 0.4) is 0 Å². The van der Waals surface area contributed by atoms with E-state index in [2.05, 4.69) is 62.7 Å². The van der Waals surface area contributed by atoms with Crippen LogP contribution in [-0.2, 0) is 0 Å². The van der Waals surface area contributed by atoms with E-state index in [-0.39, 0.29) is 5.38 Å². The van der Waals surface area contributed by atoms with E-state index in [1.54, 1.807) is 11.3 Å². The van der Waals surface area contributed by atoms with Crippen molar-refractivity contribution in [3.8, 4) is 0 Å². The second-order valence-electron chi connectivity index (χ2n) is 5.11. The second kappa shape index (κ2) is 5.59. The Morgan fingerprint density at radius 2 is 1.63 bits per heavy atom. The molecule has 0 nitrogen and oxygen atoms in total. The highest BCUT2D eigenvalue weighted by atomic mass is 79.9. The lowest BCUT2D eigenvalue weighted by atomic mass is 9.96. The van der Waals surface area contributed by atoms with Crippen molar-refractivity contribution < 1.29 is 0 Å². The zero-order valence-corrected chi connectivity index (χ0v) is 15.1. The maximum atomic E-state index is 6.74. The number of aryl methyl sites for hydroxylation is 4. The van der Waals surface area contributed by atoms with Crippen LogP contribution in [0.1, 0.15) is 42.9 Å². The Morgan fingerprint density at radius 1 is 1.00 bits per heavy atom. The predicted molar refractivity (Wildman–Crippen MR) is 89.8 cm³/mol. The van der Waals surface area contributed by atoms with E-state index in [0.717, 1.165) is 0 Å². The monoisotopic (exact) mass is 356 g/mol. The van der Waals surface area contributed by atoms with E-state index in [1.165, 1.54) is 42.0 Å². The van der Waals surface area contributed by atoms with Gasteiger partial charge < -0.3 is 0 Å². The summed E-state index contributed by atoms with van der Waals surface area (Å²) in [4.78, 5) is 2.58. The first-order valence-corrected chi connectivity index (χ1v) is 8.34. The molecule has 1 atom stereocenters. The Morgan fingerprint density at radius 3 is 2.16 bits per heavy atom. The Hall–Kier alpha value is -0.310. The molecule has 0 spiro atoms. The molecule has 3 heteroatoms. The summed E-state index contributed by atoms with van der Waals surface area (Å²) >= 11 is 12.2. The molecule has 0 fully saturated rings. The molecule has 0 aliphatic carbocycles. The van der Waals surface area contributed by atoms with Gasteiger partial charge in [-0.2, -0.15) is 0 Å². The summed E-state index contributed by atoms with van der Waals surface area (Å²) in [6.45, 7) is 10.7. The minimum Gasteiger partial charge on any atom is -0.143 e. The zero-order valence-electron chi connectivity index (χ0n) is 11.9. The molecule has 0 aliphatic rings. The lowest BCUT2D eigenvalue weighted by Crippen LogP contribution is -2.00. The molecular weight excluding hydrogens is 340 g/mol. The molecule has 0 N–H and O–H groups in total. The van der Waals surface area contributed by atoms with E-state index in [9.17, 15) is 0 Å². The summed E-state index contributed by atoms with van der Waals surface area (Å²) in [5.41, 5.74) is 6.34. The molecule has 1 aromatic heterocycles. The Bertz CT molecular complexity index is 609. The fraction of sp³-hybridized carbons (Fsp3) is 0.375. The predicted octanol–water partition coefficient (Wildman–Crippen LogP) is 6.38. The van der Waals surface area contributed by atoms with Crippen LogP contribution in [0.4, 0.5) is 0 Å². The third-order valence-electron chi connectivity index (χ3n) is 3.63. The summed E-state index contributed by atoms with van der Waals surface area (Å²) in [7, 11) is 0. The number of alkyl halides is 1. The van der Waals surface area contributed by atoms with Crippen molar-refractivity contribution in [1.29, 1.82) is 0 Å². The molecule has 1 heterocycles. The van der Waals surface area contributed by atoms with Crippen LogP contribution >= 0.6 is 38.9 Å². The third-order valence-corrected chi connectivity index (χ3v) is 6.65. The van der Waals surface area contributed by atoms with Crippen molar-refractivity contribution >= 4 is 38.9 Å². The quantitative estimate of drug-likeness (QED) is 0.547. The fourth-order valence-electron chi connectivity index (χ4n) is 2.43. The summed E-state index contributed by atoms with van der Waals surface area (Å²) in [5, 5.41) is -0.0608. The summed E-state index contributed by atoms with van der Waals surface area (Å²) in [5.74, 6) is 0. The van der Waals surface area contributed by atoms with Gasteiger partial charge in [0, 0.05) is 14.2 Å². The molecule has 0 radical (unpaired) electrons. The van der Waals surface area contributed by atoms with E-state index in [4.69, 9.17) is 11.6 Å². The van der Waals surface area contributed by atoms with Crippen LogP contribution in [0, 0.1) is 34.6 Å². The van der Waals surface area contributed by atoms with Crippen LogP contribution in [0.2, 0.25) is 0 Å². The van der Waals surface area contributed by atoms with Crippen molar-refractivity contribution in [1.82, 2.24) is 0 Å². The van der Waals surface area contributed by atoms with Gasteiger partial charge in [-0.3, -0.25) is 0 Å². The highest BCUT2D eigenvalue weighted by Crippen LogP contribution is 2.40. The number of benzene rings is 1. The van der Waals surface area contributed by atoms with Crippen molar-refractivity contribution in [2.75, 3.05) is 0 Å². The van der Waals surface area contributed by atoms with Crippen molar-refractivity contribution in [3.63, 3.8) is 0 Å². The van der Waals surface area contributed by atoms with Gasteiger partial charge in [0.15, 0.2) is 0 Å². The van der Waals surface area contributed by atoms with E-state index >= 15 is 0 Å². The van der Waals surface area contributed by atoms with E-state index < -0.39 is 0 Å². The number of hydrogen-bond acceptors (Lipinski definition) is 1. The van der Waals surface area contributed by atoms with Gasteiger partial charge in [-0.1, -0.05) is 22.0 Å². The molecule has 1 unspecified atom stereocenters. The van der Waals surface area contributed by atoms with Gasteiger partial charge in [-0.25, -0.2) is 0 Å². The van der Waals surface area contributed by atoms with Crippen LogP contribution in [-0.4, -0.2) is 0 Å². The molecule has 2 aromatic rings. The van der Waals surface area contributed by atoms with Gasteiger partial charge in [0.25, 0.3) is 0 Å². The van der Waals surface area contributed by atoms with Crippen LogP contribution in [0.25, 0.3) is 0 Å². The molecule has 102 valence electrons. The Kier molecular flexibility index (Phi) is 4.44. The smallest absolute Gasteiger partial charge is 0.0933 e. The number of hydrogen-bond donors (Lipinski definition) is 0. The van der Waals surface area contributed by atoms with Crippen LogP contribution in [0.5, 0.6) is 0 Å². The third kappa shape index (κ3) is 2.76. The number of halogens is 2. The fourth-order valence-corrected chi connectivity index (χ4v) is 4.33. The van der Waals surface area contributed by atoms with Crippen LogP contribution in [0.15, 0.2) is 16.6 Å². The van der Waals surface area contributed by atoms with E-state index in [0.29, 0.717) is 0 Å². The van der Waals surface area contributed by atoms with Gasteiger partial charge in [0.1, 0.15) is 0 Å². The van der Waals surface area contributed by atoms with Crippen LogP contribution < -0.4 is 0 Å². The molecular formula is C16H18BrClS. The summed E-state index contributed by atoms with van der Waals surface area (Å²) < 4.78 is 1.17. The summed E-state index contributed by atoms with van der Waals surface area (Å²) in [6, 6.07) is 4.42. The van der Waals surface area contributed by atoms with Gasteiger partial charge in [-0.05, 0) is 68.5 Å². The minimum atomic E-state index is -0.0608. The molecule has 0 saturated heterocycles. The van der Waals surface area contributed by atoms with Gasteiger partial charge >= 0.3 is 0 Å². The minimum absolute atomic E-state index is 0.0608. The first kappa shape index (κ1) is 15.1. The SMILES string of the molecule is Cc1cc(C(Cl)c2c(C)cc(C)c(Br)c2C)sc1C. The zero-order chi connectivity index (χ0) is 14.3. The van der Waals surface area contributed by atoms with Crippen molar-refractivity contribution in [3.05, 3.63) is 54.2 Å². The summed E-state index contributed by atoms with van der Waals surface area (Å²) in [6.07, 6.45) is 0. The lowest BCUT2D eigenvalue weighted by Gasteiger charge is -2.17. The van der Waals surface area contributed by atoms with Crippen molar-refractivity contribution in [2.24, 2.45) is 0 Å². The highest BCUT2D eigenvalue weighted by molar-refractivity contribution is 9.10. The van der Waals surface area contributed by atoms with Gasteiger partial charge in [-0.15, -0.1) is 22.9 Å². The first-order chi connectivity index (χ1) is 8.82. The van der Waals surface area contributed by atoms with Crippen molar-refractivity contribution in [2.45, 2.75) is 40.0 Å². The number of rotatable bonds is 2. The topological polar surface area (TPSA) is 0 Å². The first-order valence-electron chi connectivity index (χ1n) is 6.30.